The van der Waals surface area contributed by atoms with Gasteiger partial charge in [0.25, 0.3) is 0 Å². The molecule has 1 aromatic rings. The van der Waals surface area contributed by atoms with Crippen LogP contribution in [-0.2, 0) is 20.7 Å². The molecular formula is C16H20F2N2O3S. The Balaban J connectivity index is 1.62. The van der Waals surface area contributed by atoms with E-state index in [-0.39, 0.29) is 41.8 Å². The number of ether oxygens (including phenoxy) is 1. The number of carbonyl (C=O) groups excluding carboxylic acids is 2. The Kier molecular flexibility index (Phi) is 7.45. The van der Waals surface area contributed by atoms with Crippen LogP contribution in [0.1, 0.15) is 5.56 Å². The van der Waals surface area contributed by atoms with Crippen molar-refractivity contribution in [3.63, 3.8) is 0 Å². The number of benzene rings is 1. The largest absolute Gasteiger partial charge is 0.378 e. The van der Waals surface area contributed by atoms with E-state index >= 15 is 0 Å². The number of thioether (sulfide) groups is 1. The first kappa shape index (κ1) is 18.7. The molecule has 0 bridgehead atoms. The van der Waals surface area contributed by atoms with Crippen LogP contribution in [-0.4, -0.2) is 61.1 Å². The van der Waals surface area contributed by atoms with Gasteiger partial charge in [0.05, 0.1) is 24.7 Å². The molecule has 1 aliphatic heterocycles. The van der Waals surface area contributed by atoms with Crippen molar-refractivity contribution in [1.29, 1.82) is 0 Å². The van der Waals surface area contributed by atoms with E-state index in [1.165, 1.54) is 30.0 Å². The van der Waals surface area contributed by atoms with E-state index in [1.807, 2.05) is 0 Å². The number of morpholine rings is 1. The van der Waals surface area contributed by atoms with Crippen LogP contribution < -0.4 is 5.32 Å². The summed E-state index contributed by atoms with van der Waals surface area (Å²) in [6.45, 7) is 2.40. The van der Waals surface area contributed by atoms with Gasteiger partial charge in [-0.3, -0.25) is 9.59 Å². The summed E-state index contributed by atoms with van der Waals surface area (Å²) in [5.74, 6) is -1.13. The predicted octanol–water partition coefficient (Wildman–Crippen LogP) is 1.22. The molecule has 8 heteroatoms. The van der Waals surface area contributed by atoms with Crippen LogP contribution in [0.3, 0.4) is 0 Å². The Morgan fingerprint density at radius 1 is 1.17 bits per heavy atom. The van der Waals surface area contributed by atoms with Gasteiger partial charge in [-0.05, 0) is 18.6 Å². The summed E-state index contributed by atoms with van der Waals surface area (Å²) in [4.78, 5) is 25.3. The summed E-state index contributed by atoms with van der Waals surface area (Å²) in [7, 11) is 0. The number of rotatable bonds is 7. The fourth-order valence-electron chi connectivity index (χ4n) is 2.28. The lowest BCUT2D eigenvalue weighted by molar-refractivity contribution is -0.132. The molecule has 1 heterocycles. The van der Waals surface area contributed by atoms with Crippen molar-refractivity contribution in [2.45, 2.75) is 6.42 Å². The van der Waals surface area contributed by atoms with Gasteiger partial charge in [-0.2, -0.15) is 0 Å². The highest BCUT2D eigenvalue weighted by Crippen LogP contribution is 2.12. The van der Waals surface area contributed by atoms with Crippen molar-refractivity contribution in [2.24, 2.45) is 0 Å². The minimum atomic E-state index is -0.616. The smallest absolute Gasteiger partial charge is 0.232 e. The summed E-state index contributed by atoms with van der Waals surface area (Å²) in [6.07, 6.45) is 0.0849. The van der Waals surface area contributed by atoms with Gasteiger partial charge in [0.2, 0.25) is 11.8 Å². The Morgan fingerprint density at radius 3 is 2.50 bits per heavy atom. The highest BCUT2D eigenvalue weighted by atomic mass is 32.2. The summed E-state index contributed by atoms with van der Waals surface area (Å²) >= 11 is 1.22. The van der Waals surface area contributed by atoms with Gasteiger partial charge in [0, 0.05) is 25.2 Å². The number of amides is 2. The normalized spacial score (nSPS) is 14.5. The molecular weight excluding hydrogens is 338 g/mol. The van der Waals surface area contributed by atoms with Gasteiger partial charge >= 0.3 is 0 Å². The predicted molar refractivity (Wildman–Crippen MR) is 87.8 cm³/mol. The van der Waals surface area contributed by atoms with E-state index in [1.54, 1.807) is 4.90 Å². The highest BCUT2D eigenvalue weighted by Gasteiger charge is 2.17. The molecule has 1 N–H and O–H groups in total. The maximum absolute atomic E-state index is 13.4. The molecule has 0 saturated carbocycles. The van der Waals surface area contributed by atoms with Crippen molar-refractivity contribution in [3.8, 4) is 0 Å². The lowest BCUT2D eigenvalue weighted by Crippen LogP contribution is -2.41. The Morgan fingerprint density at radius 2 is 1.83 bits per heavy atom. The topological polar surface area (TPSA) is 58.6 Å². The van der Waals surface area contributed by atoms with Gasteiger partial charge in [0.1, 0.15) is 11.6 Å². The van der Waals surface area contributed by atoms with Crippen molar-refractivity contribution in [2.75, 3.05) is 44.4 Å². The third kappa shape index (κ3) is 5.76. The molecule has 5 nitrogen and oxygen atoms in total. The first-order valence-corrected chi connectivity index (χ1v) is 8.86. The first-order valence-electron chi connectivity index (χ1n) is 7.71. The van der Waals surface area contributed by atoms with Crippen molar-refractivity contribution >= 4 is 23.6 Å². The monoisotopic (exact) mass is 358 g/mol. The highest BCUT2D eigenvalue weighted by molar-refractivity contribution is 8.00. The third-order valence-corrected chi connectivity index (χ3v) is 4.50. The fourth-order valence-corrected chi connectivity index (χ4v) is 3.03. The maximum atomic E-state index is 13.4. The standard InChI is InChI=1S/C16H20F2N2O3S/c17-13-2-1-3-14(18)12(13)4-5-19-15(21)10-24-11-16(22)20-6-8-23-9-7-20/h1-3H,4-11H2,(H,19,21). The molecule has 2 rings (SSSR count). The van der Waals surface area contributed by atoms with Crippen molar-refractivity contribution in [1.82, 2.24) is 10.2 Å². The molecule has 0 aliphatic carbocycles. The molecule has 0 spiro atoms. The van der Waals surface area contributed by atoms with Crippen LogP contribution in [0, 0.1) is 11.6 Å². The van der Waals surface area contributed by atoms with Crippen LogP contribution in [0.4, 0.5) is 8.78 Å². The van der Waals surface area contributed by atoms with Crippen molar-refractivity contribution < 1.29 is 23.1 Å². The van der Waals surface area contributed by atoms with Crippen LogP contribution in [0.15, 0.2) is 18.2 Å². The quantitative estimate of drug-likeness (QED) is 0.796. The summed E-state index contributed by atoms with van der Waals surface area (Å²) < 4.78 is 32.0. The van der Waals surface area contributed by atoms with Crippen LogP contribution in [0.25, 0.3) is 0 Å². The molecule has 0 unspecified atom stereocenters. The second-order valence-electron chi connectivity index (χ2n) is 5.29. The number of hydrogen-bond acceptors (Lipinski definition) is 4. The molecule has 0 atom stereocenters. The van der Waals surface area contributed by atoms with Gasteiger partial charge in [-0.1, -0.05) is 6.07 Å². The van der Waals surface area contributed by atoms with Crippen LogP contribution in [0.2, 0.25) is 0 Å². The molecule has 2 amide bonds. The van der Waals surface area contributed by atoms with E-state index < -0.39 is 11.6 Å². The molecule has 24 heavy (non-hydrogen) atoms. The number of halogens is 2. The summed E-state index contributed by atoms with van der Waals surface area (Å²) in [6, 6.07) is 3.68. The molecule has 132 valence electrons. The molecule has 1 saturated heterocycles. The number of nitrogens with one attached hydrogen (secondary N) is 1. The lowest BCUT2D eigenvalue weighted by Gasteiger charge is -2.26. The molecule has 1 fully saturated rings. The zero-order valence-electron chi connectivity index (χ0n) is 13.2. The molecule has 0 radical (unpaired) electrons. The average molecular weight is 358 g/mol. The lowest BCUT2D eigenvalue weighted by atomic mass is 10.1. The zero-order valence-corrected chi connectivity index (χ0v) is 14.0. The maximum Gasteiger partial charge on any atom is 0.232 e. The Bertz CT molecular complexity index is 560. The molecule has 1 aliphatic rings. The minimum absolute atomic E-state index is 0.00970. The number of carbonyl (C=O) groups is 2. The fraction of sp³-hybridized carbons (Fsp3) is 0.500. The third-order valence-electron chi connectivity index (χ3n) is 3.58. The van der Waals surface area contributed by atoms with Gasteiger partial charge in [-0.25, -0.2) is 8.78 Å². The number of nitrogens with zero attached hydrogens (tertiary/aromatic N) is 1. The Labute approximate surface area is 143 Å². The second-order valence-corrected chi connectivity index (χ2v) is 6.27. The zero-order chi connectivity index (χ0) is 17.4. The number of hydrogen-bond donors (Lipinski definition) is 1. The van der Waals surface area contributed by atoms with Gasteiger partial charge < -0.3 is 15.0 Å². The summed E-state index contributed by atoms with van der Waals surface area (Å²) in [5.41, 5.74) is -0.0343. The van der Waals surface area contributed by atoms with Gasteiger partial charge in [-0.15, -0.1) is 11.8 Å². The van der Waals surface area contributed by atoms with E-state index in [9.17, 15) is 18.4 Å². The van der Waals surface area contributed by atoms with Crippen LogP contribution in [0.5, 0.6) is 0 Å². The SMILES string of the molecule is O=C(CSCC(=O)N1CCOCC1)NCCc1c(F)cccc1F. The van der Waals surface area contributed by atoms with E-state index in [0.29, 0.717) is 26.3 Å². The minimum Gasteiger partial charge on any atom is -0.378 e. The van der Waals surface area contributed by atoms with Gasteiger partial charge in [0.15, 0.2) is 0 Å². The van der Waals surface area contributed by atoms with E-state index in [0.717, 1.165) is 0 Å². The average Bonchev–Trinajstić information content (AvgIpc) is 2.58. The van der Waals surface area contributed by atoms with Crippen molar-refractivity contribution in [3.05, 3.63) is 35.4 Å². The summed E-state index contributed by atoms with van der Waals surface area (Å²) in [5, 5.41) is 2.60. The van der Waals surface area contributed by atoms with E-state index in [2.05, 4.69) is 5.32 Å². The first-order chi connectivity index (χ1) is 11.6. The van der Waals surface area contributed by atoms with E-state index in [4.69, 9.17) is 4.74 Å². The Hall–Kier alpha value is -1.67. The second kappa shape index (κ2) is 9.58. The van der Waals surface area contributed by atoms with Crippen LogP contribution >= 0.6 is 11.8 Å². The molecule has 1 aromatic carbocycles. The molecule has 0 aromatic heterocycles.